The molecule has 9 nitrogen and oxygen atoms in total. The second-order valence-corrected chi connectivity index (χ2v) is 9.57. The summed E-state index contributed by atoms with van der Waals surface area (Å²) in [6, 6.07) is 19.8. The number of benzene rings is 3. The number of aromatic hydroxyl groups is 1. The summed E-state index contributed by atoms with van der Waals surface area (Å²) in [5, 5.41) is 12.8. The molecule has 0 aliphatic rings. The lowest BCUT2D eigenvalue weighted by Gasteiger charge is -2.32. The molecule has 0 fully saturated rings. The fourth-order valence-electron chi connectivity index (χ4n) is 4.14. The number of carbonyl (C=O) groups excluding carboxylic acids is 3. The van der Waals surface area contributed by atoms with Crippen LogP contribution in [0.2, 0.25) is 0 Å². The summed E-state index contributed by atoms with van der Waals surface area (Å²) in [5.74, 6) is -1.91. The number of nitrogens with two attached hydrogens (primary N) is 2. The Morgan fingerprint density at radius 3 is 2.32 bits per heavy atom. The molecule has 0 spiro atoms. The summed E-state index contributed by atoms with van der Waals surface area (Å²) in [6.45, 7) is 3.99. The number of carbonyl (C=O) groups is 3. The number of nitrogens with zero attached hydrogens (tertiary/aromatic N) is 2. The molecule has 0 saturated heterocycles. The lowest BCUT2D eigenvalue weighted by atomic mass is 10.00. The van der Waals surface area contributed by atoms with Crippen molar-refractivity contribution in [3.63, 3.8) is 0 Å². The molecule has 1 atom stereocenters. The van der Waals surface area contributed by atoms with E-state index in [2.05, 4.69) is 9.69 Å². The largest absolute Gasteiger partial charge is 0.508 e. The Bertz CT molecular complexity index is 1490. The first-order chi connectivity index (χ1) is 18.2. The van der Waals surface area contributed by atoms with Gasteiger partial charge in [-0.2, -0.15) is 4.37 Å². The first-order valence-electron chi connectivity index (χ1n) is 11.7. The van der Waals surface area contributed by atoms with Crippen LogP contribution >= 0.6 is 11.5 Å². The summed E-state index contributed by atoms with van der Waals surface area (Å²) in [6.07, 6.45) is 0. The Hall–Kier alpha value is -4.70. The van der Waals surface area contributed by atoms with Crippen LogP contribution in [0.1, 0.15) is 48.5 Å². The fraction of sp³-hybridized carbons (Fsp3) is 0.143. The standard InChI is InChI=1S/C28H27N5O4S/c1-16-8-13-21(17(2)14-16)33(28(37)25-22(29)23(26(30)35)32-38-25)24(19-9-11-20(34)12-10-19)27(36)31-15-18-6-4-3-5-7-18/h3-14,24,34H,15,29H2,1-2H3,(H2,30,35)(H,31,36)/t24-/m1/s1. The lowest BCUT2D eigenvalue weighted by molar-refractivity contribution is -0.122. The summed E-state index contributed by atoms with van der Waals surface area (Å²) >= 11 is 0.743. The number of phenols is 1. The van der Waals surface area contributed by atoms with Crippen molar-refractivity contribution in [2.24, 2.45) is 5.73 Å². The minimum absolute atomic E-state index is 0.0133. The second-order valence-electron chi connectivity index (χ2n) is 8.80. The molecule has 0 aliphatic carbocycles. The molecule has 1 heterocycles. The van der Waals surface area contributed by atoms with E-state index in [-0.39, 0.29) is 28.6 Å². The Balaban J connectivity index is 1.86. The van der Waals surface area contributed by atoms with E-state index in [1.54, 1.807) is 18.2 Å². The highest BCUT2D eigenvalue weighted by Gasteiger charge is 2.36. The van der Waals surface area contributed by atoms with Crippen molar-refractivity contribution in [1.82, 2.24) is 9.69 Å². The van der Waals surface area contributed by atoms with Gasteiger partial charge < -0.3 is 21.9 Å². The first-order valence-corrected chi connectivity index (χ1v) is 12.5. The van der Waals surface area contributed by atoms with Crippen LogP contribution in [0.5, 0.6) is 5.75 Å². The van der Waals surface area contributed by atoms with Crippen LogP contribution in [0, 0.1) is 13.8 Å². The zero-order valence-corrected chi connectivity index (χ0v) is 21.7. The van der Waals surface area contributed by atoms with E-state index >= 15 is 0 Å². The molecule has 3 aromatic carbocycles. The van der Waals surface area contributed by atoms with Crippen LogP contribution in [0.25, 0.3) is 0 Å². The zero-order valence-electron chi connectivity index (χ0n) is 20.8. The molecule has 38 heavy (non-hydrogen) atoms. The molecule has 0 aliphatic heterocycles. The molecule has 3 amide bonds. The number of amides is 3. The van der Waals surface area contributed by atoms with E-state index in [0.717, 1.165) is 28.2 Å². The first kappa shape index (κ1) is 26.4. The van der Waals surface area contributed by atoms with Gasteiger partial charge >= 0.3 is 0 Å². The van der Waals surface area contributed by atoms with Crippen LogP contribution in [0.15, 0.2) is 72.8 Å². The quantitative estimate of drug-likeness (QED) is 0.272. The van der Waals surface area contributed by atoms with Crippen LogP contribution in [0.4, 0.5) is 11.4 Å². The number of primary amides is 1. The molecular weight excluding hydrogens is 502 g/mol. The monoisotopic (exact) mass is 529 g/mol. The van der Waals surface area contributed by atoms with Crippen molar-refractivity contribution in [1.29, 1.82) is 0 Å². The number of phenolic OH excluding ortho intramolecular Hbond substituents is 1. The highest BCUT2D eigenvalue weighted by atomic mass is 32.1. The molecule has 6 N–H and O–H groups in total. The predicted molar refractivity (Wildman–Crippen MR) is 147 cm³/mol. The predicted octanol–water partition coefficient (Wildman–Crippen LogP) is 3.85. The fourth-order valence-corrected chi connectivity index (χ4v) is 4.88. The van der Waals surface area contributed by atoms with Crippen molar-refractivity contribution < 1.29 is 19.5 Å². The number of nitrogen functional groups attached to an aromatic ring is 1. The Morgan fingerprint density at radius 1 is 1.03 bits per heavy atom. The van der Waals surface area contributed by atoms with Gasteiger partial charge in [-0.1, -0.05) is 60.2 Å². The van der Waals surface area contributed by atoms with Gasteiger partial charge in [0.1, 0.15) is 16.7 Å². The number of hydrogen-bond acceptors (Lipinski definition) is 7. The Kier molecular flexibility index (Phi) is 7.73. The number of hydrogen-bond donors (Lipinski definition) is 4. The number of rotatable bonds is 8. The SMILES string of the molecule is Cc1ccc(N(C(=O)c2snc(C(N)=O)c2N)[C@@H](C(=O)NCc2ccccc2)c2ccc(O)cc2)c(C)c1. The molecule has 10 heteroatoms. The van der Waals surface area contributed by atoms with Crippen LogP contribution in [-0.4, -0.2) is 27.2 Å². The summed E-state index contributed by atoms with van der Waals surface area (Å²) in [5.41, 5.74) is 14.7. The molecule has 4 rings (SSSR count). The van der Waals surface area contributed by atoms with Gasteiger partial charge in [0.15, 0.2) is 5.69 Å². The van der Waals surface area contributed by atoms with Crippen LogP contribution < -0.4 is 21.7 Å². The smallest absolute Gasteiger partial charge is 0.273 e. The average Bonchev–Trinajstić information content (AvgIpc) is 3.29. The third kappa shape index (κ3) is 5.50. The molecule has 4 aromatic rings. The Labute approximate surface area is 223 Å². The van der Waals surface area contributed by atoms with Gasteiger partial charge in [-0.05, 0) is 60.3 Å². The maximum atomic E-state index is 14.1. The molecule has 0 saturated carbocycles. The summed E-state index contributed by atoms with van der Waals surface area (Å²) in [4.78, 5) is 41.1. The normalized spacial score (nSPS) is 11.5. The van der Waals surface area contributed by atoms with E-state index in [4.69, 9.17) is 11.5 Å². The number of aryl methyl sites for hydroxylation is 2. The van der Waals surface area contributed by atoms with E-state index in [9.17, 15) is 19.5 Å². The van der Waals surface area contributed by atoms with Crippen molar-refractivity contribution in [3.05, 3.63) is 106 Å². The topological polar surface area (TPSA) is 152 Å². The molecule has 1 aromatic heterocycles. The lowest BCUT2D eigenvalue weighted by Crippen LogP contribution is -2.44. The van der Waals surface area contributed by atoms with Gasteiger partial charge in [-0.15, -0.1) is 0 Å². The highest BCUT2D eigenvalue weighted by molar-refractivity contribution is 7.09. The van der Waals surface area contributed by atoms with Gasteiger partial charge in [0, 0.05) is 12.2 Å². The Morgan fingerprint density at radius 2 is 1.71 bits per heavy atom. The van der Waals surface area contributed by atoms with Crippen molar-refractivity contribution >= 4 is 40.6 Å². The van der Waals surface area contributed by atoms with Gasteiger partial charge in [0.05, 0.1) is 5.69 Å². The highest BCUT2D eigenvalue weighted by Crippen LogP contribution is 2.35. The zero-order chi connectivity index (χ0) is 27.4. The third-order valence-corrected chi connectivity index (χ3v) is 6.86. The van der Waals surface area contributed by atoms with Gasteiger partial charge in [0.2, 0.25) is 5.91 Å². The molecule has 0 unspecified atom stereocenters. The van der Waals surface area contributed by atoms with E-state index in [1.807, 2.05) is 56.3 Å². The van der Waals surface area contributed by atoms with Gasteiger partial charge in [0.25, 0.3) is 11.8 Å². The molecule has 0 bridgehead atoms. The molecule has 194 valence electrons. The summed E-state index contributed by atoms with van der Waals surface area (Å²) < 4.78 is 3.97. The second kappa shape index (κ2) is 11.1. The number of nitrogens with one attached hydrogen (secondary N) is 1. The average molecular weight is 530 g/mol. The molecular formula is C28H27N5O4S. The summed E-state index contributed by atoms with van der Waals surface area (Å²) in [7, 11) is 0. The van der Waals surface area contributed by atoms with Crippen molar-refractivity contribution in [2.45, 2.75) is 26.4 Å². The van der Waals surface area contributed by atoms with Crippen molar-refractivity contribution in [2.75, 3.05) is 10.6 Å². The van der Waals surface area contributed by atoms with Crippen molar-refractivity contribution in [3.8, 4) is 5.75 Å². The molecule has 0 radical (unpaired) electrons. The maximum absolute atomic E-state index is 14.1. The van der Waals surface area contributed by atoms with E-state index in [0.29, 0.717) is 11.3 Å². The van der Waals surface area contributed by atoms with E-state index in [1.165, 1.54) is 17.0 Å². The number of aromatic nitrogens is 1. The minimum atomic E-state index is -1.15. The van der Waals surface area contributed by atoms with E-state index < -0.39 is 23.8 Å². The van der Waals surface area contributed by atoms with Crippen LogP contribution in [0.3, 0.4) is 0 Å². The third-order valence-electron chi connectivity index (χ3n) is 6.01. The van der Waals surface area contributed by atoms with Gasteiger partial charge in [-0.25, -0.2) is 0 Å². The van der Waals surface area contributed by atoms with Gasteiger partial charge in [-0.3, -0.25) is 19.3 Å². The minimum Gasteiger partial charge on any atom is -0.508 e. The number of anilines is 2. The van der Waals surface area contributed by atoms with Crippen LogP contribution in [-0.2, 0) is 11.3 Å². The maximum Gasteiger partial charge on any atom is 0.273 e.